The summed E-state index contributed by atoms with van der Waals surface area (Å²) in [6.07, 6.45) is -3.34. The standard InChI is InChI=1S/C26H29F3N4O/c1-17(2)9-10-31-25(34)21-14-19-13-20(26(27,28)29)7-8-23(19)33-12-11-32(16-24(21)33)22-6-4-3-5-18(22)15-30/h3-8,13,17,21,24H,9-12,14,16H2,1-2H3,(H,31,34)/t21-,24-/m1/s1. The van der Waals surface area contributed by atoms with Crippen molar-refractivity contribution in [2.75, 3.05) is 36.0 Å². The molecule has 2 heterocycles. The van der Waals surface area contributed by atoms with Gasteiger partial charge in [-0.1, -0.05) is 26.0 Å². The molecule has 0 radical (unpaired) electrons. The van der Waals surface area contributed by atoms with E-state index in [9.17, 15) is 23.2 Å². The molecule has 0 bridgehead atoms. The van der Waals surface area contributed by atoms with Gasteiger partial charge in [-0.3, -0.25) is 4.79 Å². The largest absolute Gasteiger partial charge is 0.416 e. The summed E-state index contributed by atoms with van der Waals surface area (Å²) >= 11 is 0. The van der Waals surface area contributed by atoms with Gasteiger partial charge in [0.2, 0.25) is 5.91 Å². The Labute approximate surface area is 198 Å². The van der Waals surface area contributed by atoms with E-state index in [0.29, 0.717) is 43.2 Å². The molecular weight excluding hydrogens is 441 g/mol. The lowest BCUT2D eigenvalue weighted by Gasteiger charge is -2.50. The van der Waals surface area contributed by atoms with Crippen LogP contribution in [0.1, 0.15) is 37.0 Å². The predicted molar refractivity (Wildman–Crippen MR) is 126 cm³/mol. The summed E-state index contributed by atoms with van der Waals surface area (Å²) in [5, 5.41) is 12.6. The highest BCUT2D eigenvalue weighted by atomic mass is 19.4. The van der Waals surface area contributed by atoms with E-state index in [0.717, 1.165) is 23.9 Å². The molecule has 180 valence electrons. The molecule has 0 aliphatic carbocycles. The van der Waals surface area contributed by atoms with Crippen LogP contribution in [0, 0.1) is 23.2 Å². The number of benzene rings is 2. The lowest BCUT2D eigenvalue weighted by molar-refractivity contribution is -0.137. The molecule has 0 unspecified atom stereocenters. The summed E-state index contributed by atoms with van der Waals surface area (Å²) in [5.41, 5.74) is 2.02. The molecule has 2 aromatic carbocycles. The summed E-state index contributed by atoms with van der Waals surface area (Å²) in [7, 11) is 0. The molecule has 8 heteroatoms. The Morgan fingerprint density at radius 2 is 1.94 bits per heavy atom. The van der Waals surface area contributed by atoms with E-state index in [2.05, 4.69) is 35.0 Å². The average molecular weight is 471 g/mol. The number of amides is 1. The number of anilines is 2. The molecule has 5 nitrogen and oxygen atoms in total. The first-order valence-electron chi connectivity index (χ1n) is 11.7. The Hall–Kier alpha value is -3.21. The number of hydrogen-bond donors (Lipinski definition) is 1. The molecule has 1 saturated heterocycles. The molecule has 1 amide bonds. The number of carbonyl (C=O) groups excluding carboxylic acids is 1. The van der Waals surface area contributed by atoms with Gasteiger partial charge in [-0.05, 0) is 54.7 Å². The highest BCUT2D eigenvalue weighted by Crippen LogP contribution is 2.40. The molecular formula is C26H29F3N4O. The Balaban J connectivity index is 1.66. The first kappa shape index (κ1) is 23.9. The van der Waals surface area contributed by atoms with Gasteiger partial charge in [0.1, 0.15) is 6.07 Å². The number of alkyl halides is 3. The number of nitrogens with zero attached hydrogens (tertiary/aromatic N) is 3. The maximum atomic E-state index is 13.4. The lowest BCUT2D eigenvalue weighted by Crippen LogP contribution is -2.61. The van der Waals surface area contributed by atoms with E-state index >= 15 is 0 Å². The molecule has 2 atom stereocenters. The van der Waals surface area contributed by atoms with Gasteiger partial charge >= 0.3 is 6.18 Å². The molecule has 0 aromatic heterocycles. The summed E-state index contributed by atoms with van der Waals surface area (Å²) in [5.74, 6) is -0.180. The number of carbonyl (C=O) groups is 1. The van der Waals surface area contributed by atoms with Crippen LogP contribution >= 0.6 is 0 Å². The minimum absolute atomic E-state index is 0.130. The number of hydrogen-bond acceptors (Lipinski definition) is 4. The maximum absolute atomic E-state index is 13.4. The lowest BCUT2D eigenvalue weighted by atomic mass is 9.82. The van der Waals surface area contributed by atoms with Gasteiger partial charge < -0.3 is 15.1 Å². The van der Waals surface area contributed by atoms with Gasteiger partial charge in [0.25, 0.3) is 0 Å². The number of halogens is 3. The molecule has 1 N–H and O–H groups in total. The van der Waals surface area contributed by atoms with Crippen LogP contribution in [0.5, 0.6) is 0 Å². The smallest absolute Gasteiger partial charge is 0.367 e. The number of para-hydroxylation sites is 1. The van der Waals surface area contributed by atoms with E-state index < -0.39 is 17.7 Å². The summed E-state index contributed by atoms with van der Waals surface area (Å²) in [4.78, 5) is 17.5. The van der Waals surface area contributed by atoms with Crippen molar-refractivity contribution in [3.63, 3.8) is 0 Å². The molecule has 1 fully saturated rings. The van der Waals surface area contributed by atoms with E-state index in [1.165, 1.54) is 12.1 Å². The zero-order chi connectivity index (χ0) is 24.5. The highest BCUT2D eigenvalue weighted by molar-refractivity contribution is 5.82. The first-order valence-corrected chi connectivity index (χ1v) is 11.7. The molecule has 0 spiro atoms. The SMILES string of the molecule is CC(C)CCNC(=O)[C@@H]1Cc2cc(C(F)(F)F)ccc2N2CCN(c3ccccc3C#N)C[C@H]12. The monoisotopic (exact) mass is 470 g/mol. The van der Waals surface area contributed by atoms with Gasteiger partial charge in [0, 0.05) is 31.9 Å². The van der Waals surface area contributed by atoms with Crippen LogP contribution in [0.2, 0.25) is 0 Å². The Morgan fingerprint density at radius 1 is 1.18 bits per heavy atom. The van der Waals surface area contributed by atoms with Gasteiger partial charge in [-0.25, -0.2) is 0 Å². The van der Waals surface area contributed by atoms with Crippen LogP contribution in [-0.4, -0.2) is 38.1 Å². The Morgan fingerprint density at radius 3 is 2.65 bits per heavy atom. The molecule has 2 aliphatic heterocycles. The third-order valence-electron chi connectivity index (χ3n) is 6.76. The Bertz CT molecular complexity index is 1090. The second-order valence-corrected chi connectivity index (χ2v) is 9.46. The van der Waals surface area contributed by atoms with Crippen molar-refractivity contribution in [2.24, 2.45) is 11.8 Å². The van der Waals surface area contributed by atoms with Gasteiger partial charge in [-0.2, -0.15) is 18.4 Å². The van der Waals surface area contributed by atoms with Gasteiger partial charge in [0.05, 0.1) is 28.8 Å². The van der Waals surface area contributed by atoms with Crippen LogP contribution in [0.15, 0.2) is 42.5 Å². The second kappa shape index (κ2) is 9.57. The van der Waals surface area contributed by atoms with E-state index in [-0.39, 0.29) is 18.4 Å². The van der Waals surface area contributed by atoms with Crippen LogP contribution in [-0.2, 0) is 17.4 Å². The van der Waals surface area contributed by atoms with Crippen molar-refractivity contribution in [3.8, 4) is 6.07 Å². The molecule has 0 saturated carbocycles. The second-order valence-electron chi connectivity index (χ2n) is 9.46. The number of nitriles is 1. The molecule has 2 aliphatic rings. The van der Waals surface area contributed by atoms with Crippen molar-refractivity contribution in [1.82, 2.24) is 5.32 Å². The van der Waals surface area contributed by atoms with Crippen molar-refractivity contribution in [1.29, 1.82) is 5.26 Å². The predicted octanol–water partition coefficient (Wildman–Crippen LogP) is 4.61. The topological polar surface area (TPSA) is 59.4 Å². The number of rotatable bonds is 5. The number of piperazine rings is 1. The fraction of sp³-hybridized carbons (Fsp3) is 0.462. The minimum Gasteiger partial charge on any atom is -0.367 e. The van der Waals surface area contributed by atoms with Crippen LogP contribution < -0.4 is 15.1 Å². The number of nitrogens with one attached hydrogen (secondary N) is 1. The summed E-state index contributed by atoms with van der Waals surface area (Å²) < 4.78 is 40.1. The normalized spacial score (nSPS) is 19.9. The van der Waals surface area contributed by atoms with Gasteiger partial charge in [0.15, 0.2) is 0 Å². The highest BCUT2D eigenvalue weighted by Gasteiger charge is 2.43. The average Bonchev–Trinajstić information content (AvgIpc) is 2.81. The van der Waals surface area contributed by atoms with Crippen LogP contribution in [0.25, 0.3) is 0 Å². The maximum Gasteiger partial charge on any atom is 0.416 e. The van der Waals surface area contributed by atoms with Crippen molar-refractivity contribution in [3.05, 3.63) is 59.2 Å². The zero-order valence-corrected chi connectivity index (χ0v) is 19.4. The van der Waals surface area contributed by atoms with E-state index in [4.69, 9.17) is 0 Å². The van der Waals surface area contributed by atoms with E-state index in [1.54, 1.807) is 6.07 Å². The minimum atomic E-state index is -4.43. The fourth-order valence-corrected chi connectivity index (χ4v) is 4.98. The number of fused-ring (bicyclic) bond motifs is 3. The van der Waals surface area contributed by atoms with Crippen LogP contribution in [0.3, 0.4) is 0 Å². The Kier molecular flexibility index (Phi) is 6.74. The van der Waals surface area contributed by atoms with E-state index in [1.807, 2.05) is 18.2 Å². The fourth-order valence-electron chi connectivity index (χ4n) is 4.98. The molecule has 34 heavy (non-hydrogen) atoms. The van der Waals surface area contributed by atoms with Gasteiger partial charge in [-0.15, -0.1) is 0 Å². The van der Waals surface area contributed by atoms with Crippen molar-refractivity contribution in [2.45, 2.75) is 38.9 Å². The molecule has 2 aromatic rings. The zero-order valence-electron chi connectivity index (χ0n) is 19.4. The quantitative estimate of drug-likeness (QED) is 0.694. The third kappa shape index (κ3) is 4.84. The van der Waals surface area contributed by atoms with Crippen molar-refractivity contribution >= 4 is 17.3 Å². The third-order valence-corrected chi connectivity index (χ3v) is 6.76. The first-order chi connectivity index (χ1) is 16.2. The summed E-state index contributed by atoms with van der Waals surface area (Å²) in [6, 6.07) is 13.3. The van der Waals surface area contributed by atoms with Crippen molar-refractivity contribution < 1.29 is 18.0 Å². The summed E-state index contributed by atoms with van der Waals surface area (Å²) in [6.45, 7) is 6.37. The van der Waals surface area contributed by atoms with Crippen LogP contribution in [0.4, 0.5) is 24.5 Å². The molecule has 4 rings (SSSR count).